The molecule has 0 spiro atoms. The van der Waals surface area contributed by atoms with E-state index in [1.54, 1.807) is 0 Å². The van der Waals surface area contributed by atoms with Crippen LogP contribution < -0.4 is 5.73 Å². The van der Waals surface area contributed by atoms with Crippen molar-refractivity contribution in [1.82, 2.24) is 9.55 Å². The lowest BCUT2D eigenvalue weighted by Gasteiger charge is -2.06. The highest BCUT2D eigenvalue weighted by Crippen LogP contribution is 2.20. The van der Waals surface area contributed by atoms with E-state index in [0.29, 0.717) is 0 Å². The smallest absolute Gasteiger partial charge is 0.114 e. The van der Waals surface area contributed by atoms with E-state index in [1.165, 1.54) is 5.56 Å². The summed E-state index contributed by atoms with van der Waals surface area (Å²) in [4.78, 5) is 4.72. The van der Waals surface area contributed by atoms with Crippen molar-refractivity contribution in [3.63, 3.8) is 0 Å². The Hall–Kier alpha value is -2.29. The second kappa shape index (κ2) is 4.76. The summed E-state index contributed by atoms with van der Waals surface area (Å²) in [5.41, 5.74) is 10.0. The number of benzene rings is 2. The van der Waals surface area contributed by atoms with Gasteiger partial charge in [-0.1, -0.05) is 30.3 Å². The third-order valence-electron chi connectivity index (χ3n) is 3.37. The van der Waals surface area contributed by atoms with Crippen LogP contribution in [0.5, 0.6) is 0 Å². The van der Waals surface area contributed by atoms with E-state index in [4.69, 9.17) is 10.7 Å². The zero-order valence-electron chi connectivity index (χ0n) is 11.0. The Morgan fingerprint density at radius 2 is 1.89 bits per heavy atom. The highest BCUT2D eigenvalue weighted by Gasteiger charge is 2.10. The minimum Gasteiger partial charge on any atom is -0.399 e. The Bertz CT molecular complexity index is 699. The van der Waals surface area contributed by atoms with Crippen LogP contribution in [-0.4, -0.2) is 9.55 Å². The Balaban J connectivity index is 2.08. The second-order valence-electron chi connectivity index (χ2n) is 4.68. The maximum atomic E-state index is 5.83. The van der Waals surface area contributed by atoms with Gasteiger partial charge in [-0.05, 0) is 30.7 Å². The maximum absolute atomic E-state index is 5.83. The van der Waals surface area contributed by atoms with Crippen molar-refractivity contribution < 1.29 is 0 Å². The van der Waals surface area contributed by atoms with Gasteiger partial charge in [0.05, 0.1) is 11.0 Å². The number of anilines is 1. The average molecular weight is 251 g/mol. The first-order chi connectivity index (χ1) is 9.28. The number of nitrogens with zero attached hydrogens (tertiary/aromatic N) is 2. The molecule has 0 bridgehead atoms. The molecule has 3 nitrogen and oxygen atoms in total. The van der Waals surface area contributed by atoms with Gasteiger partial charge >= 0.3 is 0 Å². The largest absolute Gasteiger partial charge is 0.399 e. The van der Waals surface area contributed by atoms with E-state index >= 15 is 0 Å². The fraction of sp³-hybridized carbons (Fsp3) is 0.188. The van der Waals surface area contributed by atoms with Gasteiger partial charge in [0.1, 0.15) is 5.82 Å². The first-order valence-corrected chi connectivity index (χ1v) is 6.56. The zero-order chi connectivity index (χ0) is 13.2. The van der Waals surface area contributed by atoms with Crippen molar-refractivity contribution in [2.24, 2.45) is 0 Å². The van der Waals surface area contributed by atoms with Gasteiger partial charge in [0, 0.05) is 18.7 Å². The number of aryl methyl sites for hydroxylation is 1. The number of hydrogen-bond acceptors (Lipinski definition) is 2. The third kappa shape index (κ3) is 2.19. The Kier molecular flexibility index (Phi) is 2.95. The van der Waals surface area contributed by atoms with Gasteiger partial charge in [0.25, 0.3) is 0 Å². The first-order valence-electron chi connectivity index (χ1n) is 6.56. The molecule has 0 unspecified atom stereocenters. The van der Waals surface area contributed by atoms with E-state index in [0.717, 1.165) is 35.5 Å². The molecular weight excluding hydrogens is 234 g/mol. The Morgan fingerprint density at radius 3 is 2.63 bits per heavy atom. The van der Waals surface area contributed by atoms with E-state index in [9.17, 15) is 0 Å². The summed E-state index contributed by atoms with van der Waals surface area (Å²) in [6, 6.07) is 16.3. The molecule has 3 aromatic rings. The van der Waals surface area contributed by atoms with Crippen LogP contribution in [0.2, 0.25) is 0 Å². The summed E-state index contributed by atoms with van der Waals surface area (Å²) < 4.78 is 2.25. The number of hydrogen-bond donors (Lipinski definition) is 1. The van der Waals surface area contributed by atoms with Crippen molar-refractivity contribution in [3.8, 4) is 0 Å². The standard InChI is InChI=1S/C16H17N3/c1-2-19-15-9-8-13(17)11-14(15)18-16(19)10-12-6-4-3-5-7-12/h3-9,11H,2,10,17H2,1H3. The van der Waals surface area contributed by atoms with Gasteiger partial charge in [-0.3, -0.25) is 0 Å². The molecule has 0 fully saturated rings. The number of aromatic nitrogens is 2. The van der Waals surface area contributed by atoms with Crippen LogP contribution in [-0.2, 0) is 13.0 Å². The molecular formula is C16H17N3. The molecule has 1 aromatic heterocycles. The second-order valence-corrected chi connectivity index (χ2v) is 4.68. The summed E-state index contributed by atoms with van der Waals surface area (Å²) in [5.74, 6) is 1.09. The minimum absolute atomic E-state index is 0.763. The highest BCUT2D eigenvalue weighted by molar-refractivity contribution is 5.79. The molecule has 3 rings (SSSR count). The molecule has 1 heterocycles. The number of fused-ring (bicyclic) bond motifs is 1. The lowest BCUT2D eigenvalue weighted by molar-refractivity contribution is 0.733. The predicted octanol–water partition coefficient (Wildman–Crippen LogP) is 3.23. The molecule has 96 valence electrons. The molecule has 19 heavy (non-hydrogen) atoms. The van der Waals surface area contributed by atoms with Gasteiger partial charge in [-0.15, -0.1) is 0 Å². The summed E-state index contributed by atoms with van der Waals surface area (Å²) in [6.45, 7) is 3.06. The molecule has 0 radical (unpaired) electrons. The van der Waals surface area contributed by atoms with Crippen LogP contribution in [0, 0.1) is 0 Å². The molecule has 0 saturated carbocycles. The molecule has 0 saturated heterocycles. The average Bonchev–Trinajstić information content (AvgIpc) is 2.76. The summed E-state index contributed by atoms with van der Waals surface area (Å²) in [6.07, 6.45) is 0.850. The van der Waals surface area contributed by atoms with Crippen molar-refractivity contribution in [2.75, 3.05) is 5.73 Å². The summed E-state index contributed by atoms with van der Waals surface area (Å²) in [5, 5.41) is 0. The van der Waals surface area contributed by atoms with Gasteiger partial charge in [0.15, 0.2) is 0 Å². The van der Waals surface area contributed by atoms with E-state index in [2.05, 4.69) is 41.8 Å². The van der Waals surface area contributed by atoms with Gasteiger partial charge in [-0.25, -0.2) is 4.98 Å². The van der Waals surface area contributed by atoms with Crippen LogP contribution in [0.25, 0.3) is 11.0 Å². The van der Waals surface area contributed by atoms with E-state index in [-0.39, 0.29) is 0 Å². The summed E-state index contributed by atoms with van der Waals surface area (Å²) >= 11 is 0. The van der Waals surface area contributed by atoms with Gasteiger partial charge < -0.3 is 10.3 Å². The number of imidazole rings is 1. The predicted molar refractivity (Wildman–Crippen MR) is 79.1 cm³/mol. The maximum Gasteiger partial charge on any atom is 0.114 e. The van der Waals surface area contributed by atoms with Gasteiger partial charge in [0.2, 0.25) is 0 Å². The molecule has 3 heteroatoms. The monoisotopic (exact) mass is 251 g/mol. The fourth-order valence-electron chi connectivity index (χ4n) is 2.46. The fourth-order valence-corrected chi connectivity index (χ4v) is 2.46. The quantitative estimate of drug-likeness (QED) is 0.726. The van der Waals surface area contributed by atoms with Crippen LogP contribution >= 0.6 is 0 Å². The molecule has 0 aliphatic heterocycles. The number of nitrogen functional groups attached to an aromatic ring is 1. The summed E-state index contributed by atoms with van der Waals surface area (Å²) in [7, 11) is 0. The lowest BCUT2D eigenvalue weighted by Crippen LogP contribution is -2.02. The topological polar surface area (TPSA) is 43.8 Å². The molecule has 2 N–H and O–H groups in total. The molecule has 2 aromatic carbocycles. The van der Waals surface area contributed by atoms with E-state index in [1.807, 2.05) is 18.2 Å². The van der Waals surface area contributed by atoms with Crippen molar-refractivity contribution in [2.45, 2.75) is 19.9 Å². The number of nitrogens with two attached hydrogens (primary N) is 1. The van der Waals surface area contributed by atoms with Crippen molar-refractivity contribution in [3.05, 3.63) is 59.9 Å². The zero-order valence-corrected chi connectivity index (χ0v) is 11.0. The molecule has 0 atom stereocenters. The Morgan fingerprint density at radius 1 is 1.11 bits per heavy atom. The minimum atomic E-state index is 0.763. The van der Waals surface area contributed by atoms with Crippen LogP contribution in [0.3, 0.4) is 0 Å². The van der Waals surface area contributed by atoms with E-state index < -0.39 is 0 Å². The van der Waals surface area contributed by atoms with Gasteiger partial charge in [-0.2, -0.15) is 0 Å². The molecule has 0 amide bonds. The van der Waals surface area contributed by atoms with Crippen molar-refractivity contribution in [1.29, 1.82) is 0 Å². The highest BCUT2D eigenvalue weighted by atomic mass is 15.1. The third-order valence-corrected chi connectivity index (χ3v) is 3.37. The molecule has 0 aliphatic rings. The van der Waals surface area contributed by atoms with Crippen molar-refractivity contribution >= 4 is 16.7 Å². The first kappa shape index (κ1) is 11.8. The lowest BCUT2D eigenvalue weighted by atomic mass is 10.1. The van der Waals surface area contributed by atoms with Crippen LogP contribution in [0.15, 0.2) is 48.5 Å². The number of rotatable bonds is 3. The van der Waals surface area contributed by atoms with Crippen LogP contribution in [0.4, 0.5) is 5.69 Å². The normalized spacial score (nSPS) is 11.0. The SMILES string of the molecule is CCn1c(Cc2ccccc2)nc2cc(N)ccc21. The Labute approximate surface area is 112 Å². The van der Waals surface area contributed by atoms with Crippen LogP contribution in [0.1, 0.15) is 18.3 Å². The molecule has 0 aliphatic carbocycles.